The Bertz CT molecular complexity index is 1130. The first kappa shape index (κ1) is 22.8. The summed E-state index contributed by atoms with van der Waals surface area (Å²) in [7, 11) is -3.87. The van der Waals surface area contributed by atoms with Gasteiger partial charge in [0.25, 0.3) is 0 Å². The van der Waals surface area contributed by atoms with E-state index in [1.54, 1.807) is 30.3 Å². The topological polar surface area (TPSA) is 85.6 Å². The predicted octanol–water partition coefficient (Wildman–Crippen LogP) is 4.86. The molecule has 31 heavy (non-hydrogen) atoms. The Morgan fingerprint density at radius 2 is 1.71 bits per heavy atom. The van der Waals surface area contributed by atoms with Gasteiger partial charge in [-0.25, -0.2) is 8.42 Å². The van der Waals surface area contributed by atoms with Gasteiger partial charge in [-0.15, -0.1) is 0 Å². The lowest BCUT2D eigenvalue weighted by Gasteiger charge is -2.33. The summed E-state index contributed by atoms with van der Waals surface area (Å²) >= 11 is 0. The van der Waals surface area contributed by atoms with Gasteiger partial charge in [-0.05, 0) is 30.7 Å². The molecule has 3 aromatic rings. The first-order valence-electron chi connectivity index (χ1n) is 9.95. The number of esters is 1. The minimum atomic E-state index is -3.87. The molecule has 0 radical (unpaired) electrons. The van der Waals surface area contributed by atoms with Gasteiger partial charge in [-0.2, -0.15) is 4.72 Å². The second-order valence-electron chi connectivity index (χ2n) is 8.20. The first-order chi connectivity index (χ1) is 14.6. The summed E-state index contributed by atoms with van der Waals surface area (Å²) < 4.78 is 40.3. The Kier molecular flexibility index (Phi) is 6.67. The van der Waals surface area contributed by atoms with Gasteiger partial charge in [-0.1, -0.05) is 61.9 Å². The third-order valence-electron chi connectivity index (χ3n) is 5.08. The molecule has 164 valence electrons. The number of ether oxygens (including phenoxy) is 1. The fraction of sp³-hybridized carbons (Fsp3) is 0.292. The van der Waals surface area contributed by atoms with Gasteiger partial charge in [0, 0.05) is 17.9 Å². The summed E-state index contributed by atoms with van der Waals surface area (Å²) in [6, 6.07) is 17.2. The van der Waals surface area contributed by atoms with Gasteiger partial charge in [0.1, 0.15) is 5.76 Å². The lowest BCUT2D eigenvalue weighted by molar-refractivity contribution is -0.144. The van der Waals surface area contributed by atoms with E-state index in [1.165, 1.54) is 13.2 Å². The highest BCUT2D eigenvalue weighted by atomic mass is 32.2. The average Bonchev–Trinajstić information content (AvgIpc) is 3.21. The van der Waals surface area contributed by atoms with E-state index in [9.17, 15) is 13.2 Å². The van der Waals surface area contributed by atoms with E-state index < -0.39 is 27.4 Å². The second kappa shape index (κ2) is 9.08. The summed E-state index contributed by atoms with van der Waals surface area (Å²) in [5, 5.41) is 0. The van der Waals surface area contributed by atoms with Crippen molar-refractivity contribution in [3.05, 3.63) is 78.3 Å². The number of aryl methyl sites for hydroxylation is 1. The van der Waals surface area contributed by atoms with E-state index in [4.69, 9.17) is 9.15 Å². The molecule has 0 spiro atoms. The minimum absolute atomic E-state index is 0.0122. The van der Waals surface area contributed by atoms with Gasteiger partial charge < -0.3 is 9.15 Å². The first-order valence-corrected chi connectivity index (χ1v) is 11.4. The number of hydrogen-bond acceptors (Lipinski definition) is 5. The molecule has 7 heteroatoms. The molecule has 1 atom stereocenters. The molecular formula is C24H27NO5S. The quantitative estimate of drug-likeness (QED) is 0.504. The van der Waals surface area contributed by atoms with Crippen LogP contribution in [0.3, 0.4) is 0 Å². The van der Waals surface area contributed by atoms with Crippen LogP contribution in [0.2, 0.25) is 0 Å². The summed E-state index contributed by atoms with van der Waals surface area (Å²) in [5.74, 6) is 0.0231. The van der Waals surface area contributed by atoms with Crippen LogP contribution >= 0.6 is 0 Å². The molecule has 0 aliphatic rings. The lowest BCUT2D eigenvalue weighted by Crippen LogP contribution is -2.41. The Hall–Kier alpha value is -2.90. The second-order valence-corrected chi connectivity index (χ2v) is 9.91. The van der Waals surface area contributed by atoms with Crippen molar-refractivity contribution in [2.45, 2.75) is 38.6 Å². The molecule has 0 aliphatic heterocycles. The van der Waals surface area contributed by atoms with Gasteiger partial charge in [-0.3, -0.25) is 4.79 Å². The molecule has 0 saturated carbocycles. The number of nitrogens with one attached hydrogen (secondary N) is 1. The maximum Gasteiger partial charge on any atom is 0.302 e. The molecule has 1 N–H and O–H groups in total. The molecule has 0 amide bonds. The van der Waals surface area contributed by atoms with Gasteiger partial charge in [0.2, 0.25) is 10.0 Å². The summed E-state index contributed by atoms with van der Waals surface area (Å²) in [5.41, 5.74) is 1.83. The van der Waals surface area contributed by atoms with Crippen LogP contribution in [-0.2, 0) is 19.6 Å². The van der Waals surface area contributed by atoms with Gasteiger partial charge in [0.15, 0.2) is 0 Å². The summed E-state index contributed by atoms with van der Waals surface area (Å²) in [6.45, 7) is 6.89. The van der Waals surface area contributed by atoms with Crippen LogP contribution in [0.25, 0.3) is 11.1 Å². The largest absolute Gasteiger partial charge is 0.467 e. The van der Waals surface area contributed by atoms with Crippen molar-refractivity contribution in [3.8, 4) is 11.1 Å². The molecule has 0 unspecified atom stereocenters. The standard InChI is InChI=1S/C24H27NO5S/c1-17-10-12-20(13-11-17)31(27,28)25-23(24(3,4)16-30-18(2)26)22-21(14-15-29-22)19-8-6-5-7-9-19/h5-15,23,25H,16H2,1-4H3/t23-/m0/s1. The smallest absolute Gasteiger partial charge is 0.302 e. The van der Waals surface area contributed by atoms with Crippen molar-refractivity contribution >= 4 is 16.0 Å². The van der Waals surface area contributed by atoms with Crippen LogP contribution in [0.5, 0.6) is 0 Å². The van der Waals surface area contributed by atoms with Crippen molar-refractivity contribution in [3.63, 3.8) is 0 Å². The van der Waals surface area contributed by atoms with E-state index in [1.807, 2.05) is 51.1 Å². The average molecular weight is 442 g/mol. The highest BCUT2D eigenvalue weighted by molar-refractivity contribution is 7.89. The third kappa shape index (κ3) is 5.42. The Morgan fingerprint density at radius 1 is 1.06 bits per heavy atom. The van der Waals surface area contributed by atoms with Crippen molar-refractivity contribution in [2.24, 2.45) is 5.41 Å². The van der Waals surface area contributed by atoms with Crippen LogP contribution in [0.4, 0.5) is 0 Å². The van der Waals surface area contributed by atoms with Crippen molar-refractivity contribution in [1.82, 2.24) is 4.72 Å². The molecule has 2 aromatic carbocycles. The third-order valence-corrected chi connectivity index (χ3v) is 6.51. The molecule has 1 aromatic heterocycles. The number of carbonyl (C=O) groups excluding carboxylic acids is 1. The predicted molar refractivity (Wildman–Crippen MR) is 119 cm³/mol. The van der Waals surface area contributed by atoms with Crippen molar-refractivity contribution < 1.29 is 22.4 Å². The van der Waals surface area contributed by atoms with Crippen LogP contribution in [-0.4, -0.2) is 21.0 Å². The van der Waals surface area contributed by atoms with E-state index in [0.29, 0.717) is 5.76 Å². The summed E-state index contributed by atoms with van der Waals surface area (Å²) in [4.78, 5) is 11.6. The van der Waals surface area contributed by atoms with E-state index in [2.05, 4.69) is 4.72 Å². The molecule has 6 nitrogen and oxygen atoms in total. The lowest BCUT2D eigenvalue weighted by atomic mass is 9.82. The van der Waals surface area contributed by atoms with Crippen LogP contribution in [0.1, 0.15) is 38.1 Å². The summed E-state index contributed by atoms with van der Waals surface area (Å²) in [6.07, 6.45) is 1.53. The van der Waals surface area contributed by atoms with Crippen LogP contribution in [0, 0.1) is 12.3 Å². The normalized spacial score (nSPS) is 13.0. The van der Waals surface area contributed by atoms with E-state index >= 15 is 0 Å². The zero-order chi connectivity index (χ0) is 22.6. The van der Waals surface area contributed by atoms with Crippen LogP contribution in [0.15, 0.2) is 76.2 Å². The Morgan fingerprint density at radius 3 is 2.32 bits per heavy atom. The Balaban J connectivity index is 2.05. The maximum atomic E-state index is 13.2. The monoisotopic (exact) mass is 441 g/mol. The minimum Gasteiger partial charge on any atom is -0.467 e. The van der Waals surface area contributed by atoms with Crippen molar-refractivity contribution in [1.29, 1.82) is 0 Å². The highest BCUT2D eigenvalue weighted by Gasteiger charge is 2.39. The zero-order valence-corrected chi connectivity index (χ0v) is 18.9. The number of carbonyl (C=O) groups is 1. The van der Waals surface area contributed by atoms with E-state index in [-0.39, 0.29) is 11.5 Å². The molecule has 0 aliphatic carbocycles. The van der Waals surface area contributed by atoms with Crippen molar-refractivity contribution in [2.75, 3.05) is 6.61 Å². The number of benzene rings is 2. The molecule has 0 bridgehead atoms. The fourth-order valence-electron chi connectivity index (χ4n) is 3.28. The van der Waals surface area contributed by atoms with E-state index in [0.717, 1.165) is 16.7 Å². The molecule has 0 saturated heterocycles. The van der Waals surface area contributed by atoms with Gasteiger partial charge >= 0.3 is 5.97 Å². The maximum absolute atomic E-state index is 13.2. The number of sulfonamides is 1. The number of hydrogen-bond donors (Lipinski definition) is 1. The number of furan rings is 1. The number of rotatable bonds is 8. The molecule has 1 heterocycles. The Labute approximate surface area is 183 Å². The highest BCUT2D eigenvalue weighted by Crippen LogP contribution is 2.40. The van der Waals surface area contributed by atoms with Gasteiger partial charge in [0.05, 0.1) is 23.8 Å². The van der Waals surface area contributed by atoms with Crippen LogP contribution < -0.4 is 4.72 Å². The molecular weight excluding hydrogens is 414 g/mol. The zero-order valence-electron chi connectivity index (χ0n) is 18.1. The molecule has 0 fully saturated rings. The molecule has 3 rings (SSSR count). The SMILES string of the molecule is CC(=O)OCC(C)(C)[C@@H](NS(=O)(=O)c1ccc(C)cc1)c1occc1-c1ccccc1. The fourth-order valence-corrected chi connectivity index (χ4v) is 4.65.